The molecule has 0 aromatic heterocycles. The molecule has 3 aliphatic rings. The lowest BCUT2D eigenvalue weighted by Gasteiger charge is -2.32. The zero-order valence-electron chi connectivity index (χ0n) is 12.0. The minimum atomic E-state index is -0.898. The van der Waals surface area contributed by atoms with Gasteiger partial charge in [-0.3, -0.25) is 4.79 Å². The molecule has 3 fully saturated rings. The van der Waals surface area contributed by atoms with E-state index in [2.05, 4.69) is 0 Å². The van der Waals surface area contributed by atoms with Crippen molar-refractivity contribution in [3.05, 3.63) is 0 Å². The Labute approximate surface area is 119 Å². The number of hydrogen-bond donors (Lipinski definition) is 1. The van der Waals surface area contributed by atoms with E-state index in [0.29, 0.717) is 11.8 Å². The minimum Gasteiger partial charge on any atom is -0.480 e. The molecule has 5 heteroatoms. The van der Waals surface area contributed by atoms with Crippen molar-refractivity contribution in [3.63, 3.8) is 0 Å². The van der Waals surface area contributed by atoms with Crippen LogP contribution in [-0.2, 0) is 4.79 Å². The zero-order valence-corrected chi connectivity index (χ0v) is 12.0. The van der Waals surface area contributed by atoms with Crippen LogP contribution in [0.4, 0.5) is 4.79 Å². The van der Waals surface area contributed by atoms with Crippen molar-refractivity contribution in [1.82, 2.24) is 9.80 Å². The molecule has 112 valence electrons. The van der Waals surface area contributed by atoms with Gasteiger partial charge in [-0.25, -0.2) is 4.79 Å². The molecule has 0 bridgehead atoms. The van der Waals surface area contributed by atoms with E-state index in [1.54, 1.807) is 4.90 Å². The average molecular weight is 280 g/mol. The van der Waals surface area contributed by atoms with Crippen molar-refractivity contribution >= 4 is 12.0 Å². The van der Waals surface area contributed by atoms with Crippen LogP contribution in [0.5, 0.6) is 0 Å². The van der Waals surface area contributed by atoms with E-state index in [0.717, 1.165) is 38.8 Å². The van der Waals surface area contributed by atoms with Crippen molar-refractivity contribution in [3.8, 4) is 0 Å². The van der Waals surface area contributed by atoms with Gasteiger partial charge in [0.2, 0.25) is 0 Å². The molecule has 3 rings (SSSR count). The van der Waals surface area contributed by atoms with E-state index in [1.807, 2.05) is 4.90 Å². The molecule has 1 heterocycles. The molecule has 20 heavy (non-hydrogen) atoms. The van der Waals surface area contributed by atoms with Gasteiger partial charge < -0.3 is 14.9 Å². The number of rotatable bonds is 3. The molecule has 1 saturated heterocycles. The maximum absolute atomic E-state index is 12.7. The first-order chi connectivity index (χ1) is 9.65. The number of hydrogen-bond acceptors (Lipinski definition) is 2. The summed E-state index contributed by atoms with van der Waals surface area (Å²) >= 11 is 0. The number of carboxylic acids is 1. The number of fused-ring (bicyclic) bond motifs is 1. The maximum atomic E-state index is 12.7. The summed E-state index contributed by atoms with van der Waals surface area (Å²) in [6, 6.07) is 0.104. The van der Waals surface area contributed by atoms with Crippen LogP contribution in [0.15, 0.2) is 0 Å². The smallest absolute Gasteiger partial charge is 0.323 e. The summed E-state index contributed by atoms with van der Waals surface area (Å²) < 4.78 is 0. The van der Waals surface area contributed by atoms with Crippen LogP contribution in [-0.4, -0.2) is 52.6 Å². The van der Waals surface area contributed by atoms with Gasteiger partial charge in [-0.15, -0.1) is 0 Å². The third-order valence-electron chi connectivity index (χ3n) is 5.31. The standard InChI is InChI=1S/C15H24N2O3/c18-14(19)10-17(13-6-1-2-7-13)15(20)16-8-11-4-3-5-12(11)9-16/h11-13H,1-10H2,(H,18,19). The Morgan fingerprint density at radius 2 is 1.60 bits per heavy atom. The predicted molar refractivity (Wildman–Crippen MR) is 74.4 cm³/mol. The molecular weight excluding hydrogens is 256 g/mol. The molecule has 2 atom stereocenters. The Morgan fingerprint density at radius 1 is 1.00 bits per heavy atom. The molecule has 0 aromatic carbocycles. The SMILES string of the molecule is O=C(O)CN(C(=O)N1CC2CCCC2C1)C1CCCC1. The fourth-order valence-electron chi connectivity index (χ4n) is 4.29. The first-order valence-corrected chi connectivity index (χ1v) is 7.92. The van der Waals surface area contributed by atoms with Crippen molar-refractivity contribution in [2.75, 3.05) is 19.6 Å². The van der Waals surface area contributed by atoms with E-state index in [4.69, 9.17) is 5.11 Å². The zero-order chi connectivity index (χ0) is 14.1. The van der Waals surface area contributed by atoms with Crippen LogP contribution in [0.1, 0.15) is 44.9 Å². The highest BCUT2D eigenvalue weighted by atomic mass is 16.4. The fraction of sp³-hybridized carbons (Fsp3) is 0.867. The molecule has 2 unspecified atom stereocenters. The Kier molecular flexibility index (Phi) is 3.85. The largest absolute Gasteiger partial charge is 0.480 e. The van der Waals surface area contributed by atoms with Gasteiger partial charge in [0.05, 0.1) is 0 Å². The summed E-state index contributed by atoms with van der Waals surface area (Å²) in [5.41, 5.74) is 0. The molecule has 0 radical (unpaired) electrons. The lowest BCUT2D eigenvalue weighted by molar-refractivity contribution is -0.138. The molecule has 2 saturated carbocycles. The highest BCUT2D eigenvalue weighted by Crippen LogP contribution is 2.38. The lowest BCUT2D eigenvalue weighted by Crippen LogP contribution is -2.49. The average Bonchev–Trinajstić information content (AvgIpc) is 3.09. The summed E-state index contributed by atoms with van der Waals surface area (Å²) in [6.07, 6.45) is 7.89. The number of nitrogens with zero attached hydrogens (tertiary/aromatic N) is 2. The van der Waals surface area contributed by atoms with Gasteiger partial charge in [0, 0.05) is 19.1 Å². The molecule has 2 aliphatic carbocycles. The van der Waals surface area contributed by atoms with Gasteiger partial charge in [0.25, 0.3) is 0 Å². The molecular formula is C15H24N2O3. The molecule has 1 aliphatic heterocycles. The number of likely N-dealkylation sites (tertiary alicyclic amines) is 1. The Balaban J connectivity index is 1.66. The molecule has 1 N–H and O–H groups in total. The first-order valence-electron chi connectivity index (χ1n) is 7.92. The van der Waals surface area contributed by atoms with Gasteiger partial charge in [-0.1, -0.05) is 19.3 Å². The predicted octanol–water partition coefficient (Wildman–Crippen LogP) is 2.17. The summed E-state index contributed by atoms with van der Waals surface area (Å²) in [5, 5.41) is 9.08. The summed E-state index contributed by atoms with van der Waals surface area (Å²) in [4.78, 5) is 27.3. The van der Waals surface area contributed by atoms with E-state index < -0.39 is 5.97 Å². The van der Waals surface area contributed by atoms with E-state index >= 15 is 0 Å². The number of aliphatic carboxylic acids is 1. The lowest BCUT2D eigenvalue weighted by atomic mass is 10.0. The second kappa shape index (κ2) is 5.62. The van der Waals surface area contributed by atoms with Gasteiger partial charge in [-0.05, 0) is 37.5 Å². The second-order valence-electron chi connectivity index (χ2n) is 6.60. The molecule has 0 spiro atoms. The van der Waals surface area contributed by atoms with Crippen LogP contribution in [0.2, 0.25) is 0 Å². The number of carboxylic acid groups (broad SMARTS) is 1. The van der Waals surface area contributed by atoms with Crippen LogP contribution in [0, 0.1) is 11.8 Å². The summed E-state index contributed by atoms with van der Waals surface area (Å²) in [5.74, 6) is 0.424. The maximum Gasteiger partial charge on any atom is 0.323 e. The van der Waals surface area contributed by atoms with E-state index in [9.17, 15) is 9.59 Å². The first kappa shape index (κ1) is 13.7. The van der Waals surface area contributed by atoms with Crippen molar-refractivity contribution in [1.29, 1.82) is 0 Å². The van der Waals surface area contributed by atoms with Crippen molar-refractivity contribution in [2.45, 2.75) is 51.0 Å². The third kappa shape index (κ3) is 2.63. The van der Waals surface area contributed by atoms with E-state index in [-0.39, 0.29) is 18.6 Å². The quantitative estimate of drug-likeness (QED) is 0.862. The van der Waals surface area contributed by atoms with Crippen LogP contribution >= 0.6 is 0 Å². The highest BCUT2D eigenvalue weighted by molar-refractivity contribution is 5.80. The molecule has 2 amide bonds. The third-order valence-corrected chi connectivity index (χ3v) is 5.31. The number of urea groups is 1. The highest BCUT2D eigenvalue weighted by Gasteiger charge is 2.41. The van der Waals surface area contributed by atoms with E-state index in [1.165, 1.54) is 19.3 Å². The topological polar surface area (TPSA) is 60.9 Å². The number of carbonyl (C=O) groups excluding carboxylic acids is 1. The fourth-order valence-corrected chi connectivity index (χ4v) is 4.29. The Bertz CT molecular complexity index is 381. The van der Waals surface area contributed by atoms with Gasteiger partial charge in [0.1, 0.15) is 6.54 Å². The second-order valence-corrected chi connectivity index (χ2v) is 6.60. The number of amides is 2. The minimum absolute atomic E-state index is 0.0336. The van der Waals surface area contributed by atoms with Gasteiger partial charge in [-0.2, -0.15) is 0 Å². The Morgan fingerprint density at radius 3 is 2.15 bits per heavy atom. The van der Waals surface area contributed by atoms with Crippen molar-refractivity contribution in [2.24, 2.45) is 11.8 Å². The molecule has 5 nitrogen and oxygen atoms in total. The van der Waals surface area contributed by atoms with Crippen molar-refractivity contribution < 1.29 is 14.7 Å². The number of carbonyl (C=O) groups is 2. The van der Waals surface area contributed by atoms with Gasteiger partial charge >= 0.3 is 12.0 Å². The summed E-state index contributed by atoms with van der Waals surface area (Å²) in [7, 11) is 0. The molecule has 0 aromatic rings. The van der Waals surface area contributed by atoms with Crippen LogP contribution < -0.4 is 0 Å². The van der Waals surface area contributed by atoms with Crippen LogP contribution in [0.3, 0.4) is 0 Å². The monoisotopic (exact) mass is 280 g/mol. The normalized spacial score (nSPS) is 29.7. The Hall–Kier alpha value is -1.26. The summed E-state index contributed by atoms with van der Waals surface area (Å²) in [6.45, 7) is 1.54. The van der Waals surface area contributed by atoms with Crippen LogP contribution in [0.25, 0.3) is 0 Å². The van der Waals surface area contributed by atoms with Gasteiger partial charge in [0.15, 0.2) is 0 Å².